The van der Waals surface area contributed by atoms with Gasteiger partial charge in [0.1, 0.15) is 17.3 Å². The second-order valence-electron chi connectivity index (χ2n) is 5.35. The molecular weight excluding hydrogens is 306 g/mol. The van der Waals surface area contributed by atoms with E-state index >= 15 is 0 Å². The van der Waals surface area contributed by atoms with Gasteiger partial charge in [0, 0.05) is 16.8 Å². The predicted octanol–water partition coefficient (Wildman–Crippen LogP) is 3.17. The number of aryl methyl sites for hydroxylation is 1. The van der Waals surface area contributed by atoms with E-state index in [-0.39, 0.29) is 5.91 Å². The lowest BCUT2D eigenvalue weighted by atomic mass is 10.1. The Kier molecular flexibility index (Phi) is 3.31. The topological polar surface area (TPSA) is 96.7 Å². The summed E-state index contributed by atoms with van der Waals surface area (Å²) in [6, 6.07) is 10.7. The number of oxazole rings is 1. The summed E-state index contributed by atoms with van der Waals surface area (Å²) in [7, 11) is 0. The number of benzene rings is 2. The Labute approximate surface area is 136 Å². The third kappa shape index (κ3) is 2.52. The molecule has 1 amide bonds. The maximum Gasteiger partial charge on any atom is 0.255 e. The molecule has 7 heteroatoms. The first-order chi connectivity index (χ1) is 11.7. The Morgan fingerprint density at radius 3 is 2.83 bits per heavy atom. The summed E-state index contributed by atoms with van der Waals surface area (Å²) in [4.78, 5) is 16.6. The Balaban J connectivity index is 1.62. The van der Waals surface area contributed by atoms with Gasteiger partial charge in [0.15, 0.2) is 0 Å². The van der Waals surface area contributed by atoms with Crippen LogP contribution in [0.4, 0.5) is 5.69 Å². The molecule has 2 heterocycles. The van der Waals surface area contributed by atoms with Gasteiger partial charge in [-0.1, -0.05) is 6.07 Å². The number of rotatable bonds is 3. The largest absolute Gasteiger partial charge is 0.445 e. The van der Waals surface area contributed by atoms with Gasteiger partial charge in [-0.25, -0.2) is 4.98 Å². The van der Waals surface area contributed by atoms with Crippen molar-refractivity contribution in [3.05, 3.63) is 60.0 Å². The van der Waals surface area contributed by atoms with Crippen LogP contribution < -0.4 is 5.32 Å². The molecule has 0 spiro atoms. The number of carbonyl (C=O) groups is 1. The number of fused-ring (bicyclic) bond motifs is 1. The van der Waals surface area contributed by atoms with Crippen molar-refractivity contribution in [2.24, 2.45) is 0 Å². The van der Waals surface area contributed by atoms with Crippen LogP contribution in [0.25, 0.3) is 22.5 Å². The molecule has 0 saturated heterocycles. The number of carbonyl (C=O) groups excluding carboxylic acids is 1. The molecule has 4 rings (SSSR count). The average Bonchev–Trinajstić information content (AvgIpc) is 3.27. The highest BCUT2D eigenvalue weighted by Crippen LogP contribution is 2.25. The van der Waals surface area contributed by atoms with Crippen molar-refractivity contribution < 1.29 is 9.21 Å². The summed E-state index contributed by atoms with van der Waals surface area (Å²) in [5.74, 6) is 0.301. The van der Waals surface area contributed by atoms with Crippen LogP contribution in [0, 0.1) is 6.92 Å². The third-order valence-electron chi connectivity index (χ3n) is 3.74. The lowest BCUT2D eigenvalue weighted by Gasteiger charge is -2.08. The number of aromatic amines is 1. The van der Waals surface area contributed by atoms with Crippen molar-refractivity contribution in [3.63, 3.8) is 0 Å². The highest BCUT2D eigenvalue weighted by molar-refractivity contribution is 6.06. The van der Waals surface area contributed by atoms with E-state index in [1.54, 1.807) is 24.4 Å². The first kappa shape index (κ1) is 14.1. The Bertz CT molecular complexity index is 1020. The molecule has 0 fully saturated rings. The number of nitrogens with one attached hydrogen (secondary N) is 2. The molecule has 0 aliphatic heterocycles. The lowest BCUT2D eigenvalue weighted by molar-refractivity contribution is 0.102. The molecule has 0 atom stereocenters. The van der Waals surface area contributed by atoms with Crippen LogP contribution in [0.2, 0.25) is 0 Å². The van der Waals surface area contributed by atoms with E-state index in [1.807, 2.05) is 25.1 Å². The zero-order chi connectivity index (χ0) is 16.5. The molecular formula is C17H13N5O2. The molecule has 7 nitrogen and oxygen atoms in total. The summed E-state index contributed by atoms with van der Waals surface area (Å²) < 4.78 is 5.34. The fourth-order valence-corrected chi connectivity index (χ4v) is 2.47. The number of nitrogens with zero attached hydrogens (tertiary/aromatic N) is 3. The quantitative estimate of drug-likeness (QED) is 0.604. The molecule has 0 bridgehead atoms. The van der Waals surface area contributed by atoms with Crippen LogP contribution in [-0.2, 0) is 0 Å². The van der Waals surface area contributed by atoms with Crippen molar-refractivity contribution in [3.8, 4) is 11.5 Å². The van der Waals surface area contributed by atoms with Gasteiger partial charge in [-0.05, 0) is 42.8 Å². The Morgan fingerprint density at radius 1 is 1.12 bits per heavy atom. The van der Waals surface area contributed by atoms with Gasteiger partial charge < -0.3 is 9.73 Å². The van der Waals surface area contributed by atoms with E-state index in [2.05, 4.69) is 25.7 Å². The first-order valence-electron chi connectivity index (χ1n) is 7.33. The van der Waals surface area contributed by atoms with E-state index in [1.165, 1.54) is 6.26 Å². The molecule has 4 aromatic rings. The SMILES string of the molecule is Cc1ccc(NC(=O)c2ccc3n[nH]nc3c2)cc1-c1ncco1. The lowest BCUT2D eigenvalue weighted by Crippen LogP contribution is -2.11. The summed E-state index contributed by atoms with van der Waals surface area (Å²) in [5, 5.41) is 13.4. The van der Waals surface area contributed by atoms with E-state index < -0.39 is 0 Å². The molecule has 118 valence electrons. The molecule has 0 saturated carbocycles. The zero-order valence-electron chi connectivity index (χ0n) is 12.8. The number of aromatic nitrogens is 4. The fraction of sp³-hybridized carbons (Fsp3) is 0.0588. The van der Waals surface area contributed by atoms with Crippen LogP contribution in [0.15, 0.2) is 53.3 Å². The molecule has 2 aromatic heterocycles. The molecule has 0 unspecified atom stereocenters. The molecule has 0 radical (unpaired) electrons. The van der Waals surface area contributed by atoms with Gasteiger partial charge in [-0.3, -0.25) is 4.79 Å². The highest BCUT2D eigenvalue weighted by Gasteiger charge is 2.11. The van der Waals surface area contributed by atoms with Gasteiger partial charge >= 0.3 is 0 Å². The van der Waals surface area contributed by atoms with Crippen LogP contribution in [0.3, 0.4) is 0 Å². The normalized spacial score (nSPS) is 10.9. The van der Waals surface area contributed by atoms with Gasteiger partial charge in [-0.15, -0.1) is 0 Å². The second kappa shape index (κ2) is 5.62. The molecule has 2 aromatic carbocycles. The van der Waals surface area contributed by atoms with E-state index in [9.17, 15) is 4.79 Å². The maximum absolute atomic E-state index is 12.5. The van der Waals surface area contributed by atoms with Crippen molar-refractivity contribution >= 4 is 22.6 Å². The number of hydrogen-bond donors (Lipinski definition) is 2. The van der Waals surface area contributed by atoms with Crippen molar-refractivity contribution in [1.82, 2.24) is 20.4 Å². The number of hydrogen-bond acceptors (Lipinski definition) is 5. The van der Waals surface area contributed by atoms with Crippen molar-refractivity contribution in [2.75, 3.05) is 5.32 Å². The standard InChI is InChI=1S/C17H13N5O2/c1-10-2-4-12(9-13(10)17-18-6-7-24-17)19-16(23)11-3-5-14-15(8-11)21-22-20-14/h2-9H,1H3,(H,19,23)(H,20,21,22). The van der Waals surface area contributed by atoms with Gasteiger partial charge in [0.25, 0.3) is 5.91 Å². The van der Waals surface area contributed by atoms with Crippen LogP contribution in [0.5, 0.6) is 0 Å². The van der Waals surface area contributed by atoms with Crippen LogP contribution in [0.1, 0.15) is 15.9 Å². The molecule has 0 aliphatic carbocycles. The summed E-state index contributed by atoms with van der Waals surface area (Å²) in [6.07, 6.45) is 3.11. The van der Waals surface area contributed by atoms with Gasteiger partial charge in [0.2, 0.25) is 5.89 Å². The molecule has 2 N–H and O–H groups in total. The van der Waals surface area contributed by atoms with E-state index in [4.69, 9.17) is 4.42 Å². The van der Waals surface area contributed by atoms with Crippen molar-refractivity contribution in [2.45, 2.75) is 6.92 Å². The summed E-state index contributed by atoms with van der Waals surface area (Å²) in [5.41, 5.74) is 4.39. The van der Waals surface area contributed by atoms with Crippen molar-refractivity contribution in [1.29, 1.82) is 0 Å². The van der Waals surface area contributed by atoms with Gasteiger partial charge in [0.05, 0.1) is 6.20 Å². The average molecular weight is 319 g/mol. The first-order valence-corrected chi connectivity index (χ1v) is 7.33. The summed E-state index contributed by atoms with van der Waals surface area (Å²) in [6.45, 7) is 1.96. The van der Waals surface area contributed by atoms with E-state index in [0.29, 0.717) is 28.2 Å². The second-order valence-corrected chi connectivity index (χ2v) is 5.35. The van der Waals surface area contributed by atoms with Crippen LogP contribution in [-0.4, -0.2) is 26.3 Å². The highest BCUT2D eigenvalue weighted by atomic mass is 16.3. The number of anilines is 1. The molecule has 24 heavy (non-hydrogen) atoms. The van der Waals surface area contributed by atoms with Gasteiger partial charge in [-0.2, -0.15) is 15.4 Å². The summed E-state index contributed by atoms with van der Waals surface area (Å²) >= 11 is 0. The zero-order valence-corrected chi connectivity index (χ0v) is 12.8. The van der Waals surface area contributed by atoms with Crippen LogP contribution >= 0.6 is 0 Å². The maximum atomic E-state index is 12.5. The third-order valence-corrected chi connectivity index (χ3v) is 3.74. The predicted molar refractivity (Wildman–Crippen MR) is 88.5 cm³/mol. The minimum Gasteiger partial charge on any atom is -0.445 e. The smallest absolute Gasteiger partial charge is 0.255 e. The molecule has 0 aliphatic rings. The number of H-pyrrole nitrogens is 1. The van der Waals surface area contributed by atoms with E-state index in [0.717, 1.165) is 11.1 Å². The Hall–Kier alpha value is -3.48. The monoisotopic (exact) mass is 319 g/mol. The minimum absolute atomic E-state index is 0.220. The Morgan fingerprint density at radius 2 is 2.00 bits per heavy atom. The number of amides is 1. The minimum atomic E-state index is -0.220. The fourth-order valence-electron chi connectivity index (χ4n) is 2.47.